The maximum absolute atomic E-state index is 9.34. The zero-order valence-corrected chi connectivity index (χ0v) is 9.24. The van der Waals surface area contributed by atoms with E-state index in [1.807, 2.05) is 12.1 Å². The number of phenolic OH excluding ortho intramolecular Hbond substituents is 1. The molecule has 0 aliphatic heterocycles. The molecule has 2 N–H and O–H groups in total. The van der Waals surface area contributed by atoms with Gasteiger partial charge < -0.3 is 10.4 Å². The third-order valence-electron chi connectivity index (χ3n) is 3.23. The summed E-state index contributed by atoms with van der Waals surface area (Å²) in [5.41, 5.74) is 1.04. The van der Waals surface area contributed by atoms with Crippen molar-refractivity contribution in [2.75, 3.05) is 5.32 Å². The summed E-state index contributed by atoms with van der Waals surface area (Å²) in [7, 11) is 0. The molecular formula is C13H19NO. The number of nitrogens with one attached hydrogen (secondary N) is 1. The quantitative estimate of drug-likeness (QED) is 0.775. The van der Waals surface area contributed by atoms with Crippen molar-refractivity contribution in [2.24, 2.45) is 5.92 Å². The topological polar surface area (TPSA) is 32.3 Å². The van der Waals surface area contributed by atoms with Crippen LogP contribution in [0.1, 0.15) is 32.6 Å². The highest BCUT2D eigenvalue weighted by Crippen LogP contribution is 2.26. The van der Waals surface area contributed by atoms with Gasteiger partial charge in [0.25, 0.3) is 0 Å². The lowest BCUT2D eigenvalue weighted by molar-refractivity contribution is 0.361. The number of aromatic hydroxyl groups is 1. The van der Waals surface area contributed by atoms with E-state index in [9.17, 15) is 5.11 Å². The molecule has 1 aliphatic rings. The highest BCUT2D eigenvalue weighted by atomic mass is 16.3. The molecule has 2 nitrogen and oxygen atoms in total. The van der Waals surface area contributed by atoms with E-state index in [1.165, 1.54) is 25.7 Å². The van der Waals surface area contributed by atoms with Crippen LogP contribution in [0.5, 0.6) is 5.75 Å². The molecule has 82 valence electrons. The first-order chi connectivity index (χ1) is 7.24. The molecule has 2 heteroatoms. The minimum Gasteiger partial charge on any atom is -0.508 e. The number of phenols is 1. The Morgan fingerprint density at radius 2 is 1.93 bits per heavy atom. The van der Waals surface area contributed by atoms with Crippen LogP contribution < -0.4 is 5.32 Å². The number of hydrogen-bond donors (Lipinski definition) is 2. The molecule has 1 saturated carbocycles. The predicted molar refractivity (Wildman–Crippen MR) is 63.1 cm³/mol. The smallest absolute Gasteiger partial charge is 0.117 e. The third kappa shape index (κ3) is 2.88. The average molecular weight is 205 g/mol. The van der Waals surface area contributed by atoms with E-state index >= 15 is 0 Å². The summed E-state index contributed by atoms with van der Waals surface area (Å²) in [6, 6.07) is 7.97. The van der Waals surface area contributed by atoms with Gasteiger partial charge in [0.1, 0.15) is 5.75 Å². The predicted octanol–water partition coefficient (Wildman–Crippen LogP) is 3.38. The Morgan fingerprint density at radius 3 is 2.60 bits per heavy atom. The summed E-state index contributed by atoms with van der Waals surface area (Å²) in [5, 5.41) is 12.8. The van der Waals surface area contributed by atoms with E-state index in [-0.39, 0.29) is 0 Å². The fraction of sp³-hybridized carbons (Fsp3) is 0.538. The van der Waals surface area contributed by atoms with Crippen LogP contribution in [0.3, 0.4) is 0 Å². The van der Waals surface area contributed by atoms with Crippen LogP contribution >= 0.6 is 0 Å². The van der Waals surface area contributed by atoms with Gasteiger partial charge in [0, 0.05) is 17.8 Å². The molecule has 0 aromatic heterocycles. The van der Waals surface area contributed by atoms with Gasteiger partial charge in [-0.3, -0.25) is 0 Å². The zero-order valence-electron chi connectivity index (χ0n) is 9.24. The second-order valence-electron chi connectivity index (χ2n) is 4.65. The molecule has 0 unspecified atom stereocenters. The molecule has 1 aliphatic carbocycles. The summed E-state index contributed by atoms with van der Waals surface area (Å²) < 4.78 is 0. The van der Waals surface area contributed by atoms with E-state index in [4.69, 9.17) is 0 Å². The second kappa shape index (κ2) is 4.56. The standard InChI is InChI=1S/C13H19NO/c1-10-5-7-11(8-6-10)14-12-3-2-4-13(15)9-12/h2-4,9-11,14-15H,5-8H2,1H3. The fourth-order valence-electron chi connectivity index (χ4n) is 2.24. The van der Waals surface area contributed by atoms with Crippen molar-refractivity contribution >= 4 is 5.69 Å². The molecule has 0 radical (unpaired) electrons. The SMILES string of the molecule is CC1CCC(Nc2cccc(O)c2)CC1. The van der Waals surface area contributed by atoms with E-state index in [1.54, 1.807) is 12.1 Å². The van der Waals surface area contributed by atoms with E-state index in [0.717, 1.165) is 11.6 Å². The monoisotopic (exact) mass is 205 g/mol. The van der Waals surface area contributed by atoms with Gasteiger partial charge in [-0.1, -0.05) is 13.0 Å². The number of benzene rings is 1. The van der Waals surface area contributed by atoms with E-state index < -0.39 is 0 Å². The molecule has 1 aromatic rings. The Kier molecular flexibility index (Phi) is 3.14. The molecule has 1 aromatic carbocycles. The van der Waals surface area contributed by atoms with Crippen LogP contribution in [0.25, 0.3) is 0 Å². The molecule has 0 bridgehead atoms. The van der Waals surface area contributed by atoms with Crippen LogP contribution in [0, 0.1) is 5.92 Å². The van der Waals surface area contributed by atoms with Gasteiger partial charge in [-0.25, -0.2) is 0 Å². The first-order valence-corrected chi connectivity index (χ1v) is 5.79. The van der Waals surface area contributed by atoms with Crippen LogP contribution in [-0.4, -0.2) is 11.1 Å². The first-order valence-electron chi connectivity index (χ1n) is 5.79. The summed E-state index contributed by atoms with van der Waals surface area (Å²) in [6.45, 7) is 2.32. The Morgan fingerprint density at radius 1 is 1.20 bits per heavy atom. The van der Waals surface area contributed by atoms with Crippen LogP contribution in [0.4, 0.5) is 5.69 Å². The van der Waals surface area contributed by atoms with Crippen LogP contribution in [0.2, 0.25) is 0 Å². The second-order valence-corrected chi connectivity index (χ2v) is 4.65. The first kappa shape index (κ1) is 10.3. The average Bonchev–Trinajstić information content (AvgIpc) is 2.22. The van der Waals surface area contributed by atoms with Crippen LogP contribution in [0.15, 0.2) is 24.3 Å². The van der Waals surface area contributed by atoms with Crippen molar-refractivity contribution in [1.29, 1.82) is 0 Å². The highest BCUT2D eigenvalue weighted by Gasteiger charge is 2.17. The molecule has 0 atom stereocenters. The molecule has 1 fully saturated rings. The van der Waals surface area contributed by atoms with Gasteiger partial charge in [0.05, 0.1) is 0 Å². The Hall–Kier alpha value is -1.18. The van der Waals surface area contributed by atoms with Crippen molar-refractivity contribution < 1.29 is 5.11 Å². The van der Waals surface area contributed by atoms with E-state index in [0.29, 0.717) is 11.8 Å². The molecule has 0 amide bonds. The summed E-state index contributed by atoms with van der Waals surface area (Å²) >= 11 is 0. The van der Waals surface area contributed by atoms with Crippen molar-refractivity contribution in [1.82, 2.24) is 0 Å². The number of anilines is 1. The minimum atomic E-state index is 0.337. The number of rotatable bonds is 2. The normalized spacial score (nSPS) is 26.2. The Balaban J connectivity index is 1.92. The maximum Gasteiger partial charge on any atom is 0.117 e. The van der Waals surface area contributed by atoms with Crippen molar-refractivity contribution in [3.05, 3.63) is 24.3 Å². The van der Waals surface area contributed by atoms with Gasteiger partial charge >= 0.3 is 0 Å². The molecule has 0 heterocycles. The molecule has 0 saturated heterocycles. The third-order valence-corrected chi connectivity index (χ3v) is 3.23. The van der Waals surface area contributed by atoms with Crippen molar-refractivity contribution in [3.8, 4) is 5.75 Å². The lowest BCUT2D eigenvalue weighted by Gasteiger charge is -2.27. The largest absolute Gasteiger partial charge is 0.508 e. The Labute approximate surface area is 91.3 Å². The molecule has 0 spiro atoms. The zero-order chi connectivity index (χ0) is 10.7. The fourth-order valence-corrected chi connectivity index (χ4v) is 2.24. The van der Waals surface area contributed by atoms with Gasteiger partial charge in [0.15, 0.2) is 0 Å². The van der Waals surface area contributed by atoms with Gasteiger partial charge in [0.2, 0.25) is 0 Å². The molecular weight excluding hydrogens is 186 g/mol. The summed E-state index contributed by atoms with van der Waals surface area (Å²) in [4.78, 5) is 0. The summed E-state index contributed by atoms with van der Waals surface area (Å²) in [6.07, 6.45) is 5.13. The lowest BCUT2D eigenvalue weighted by Crippen LogP contribution is -2.25. The maximum atomic E-state index is 9.34. The van der Waals surface area contributed by atoms with Gasteiger partial charge in [-0.05, 0) is 43.7 Å². The van der Waals surface area contributed by atoms with Gasteiger partial charge in [-0.2, -0.15) is 0 Å². The lowest BCUT2D eigenvalue weighted by atomic mass is 9.87. The minimum absolute atomic E-state index is 0.337. The molecule has 2 rings (SSSR count). The Bertz CT molecular complexity index is 316. The highest BCUT2D eigenvalue weighted by molar-refractivity contribution is 5.48. The number of hydrogen-bond acceptors (Lipinski definition) is 2. The van der Waals surface area contributed by atoms with Crippen LogP contribution in [-0.2, 0) is 0 Å². The van der Waals surface area contributed by atoms with Crippen molar-refractivity contribution in [3.63, 3.8) is 0 Å². The van der Waals surface area contributed by atoms with Crippen molar-refractivity contribution in [2.45, 2.75) is 38.6 Å². The van der Waals surface area contributed by atoms with Gasteiger partial charge in [-0.15, -0.1) is 0 Å². The molecule has 15 heavy (non-hydrogen) atoms. The summed E-state index contributed by atoms with van der Waals surface area (Å²) in [5.74, 6) is 1.22. The van der Waals surface area contributed by atoms with E-state index in [2.05, 4.69) is 12.2 Å².